The molecule has 2 fully saturated rings. The number of halogens is 2. The summed E-state index contributed by atoms with van der Waals surface area (Å²) in [6, 6.07) is 13.0. The first kappa shape index (κ1) is 26.6. The summed E-state index contributed by atoms with van der Waals surface area (Å²) < 4.78 is 26.8. The monoisotopic (exact) mass is 602 g/mol. The van der Waals surface area contributed by atoms with E-state index >= 15 is 0 Å². The molecule has 0 radical (unpaired) electrons. The van der Waals surface area contributed by atoms with E-state index in [4.69, 9.17) is 42.1 Å². The molecule has 0 N–H and O–H groups in total. The third-order valence-corrected chi connectivity index (χ3v) is 8.90. The van der Waals surface area contributed by atoms with Crippen molar-refractivity contribution in [3.8, 4) is 16.8 Å². The van der Waals surface area contributed by atoms with Crippen molar-refractivity contribution >= 4 is 46.3 Å². The van der Waals surface area contributed by atoms with Gasteiger partial charge in [-0.3, -0.25) is 0 Å². The van der Waals surface area contributed by atoms with E-state index in [0.29, 0.717) is 25.8 Å². The molecule has 4 aromatic rings. The molecular weight excluding hydrogens is 583 g/mol. The lowest BCUT2D eigenvalue weighted by Gasteiger charge is -2.48. The van der Waals surface area contributed by atoms with Gasteiger partial charge in [0.1, 0.15) is 51.7 Å². The van der Waals surface area contributed by atoms with Gasteiger partial charge in [0.2, 0.25) is 0 Å². The van der Waals surface area contributed by atoms with Gasteiger partial charge in [0.05, 0.1) is 17.8 Å². The Bertz CT molecular complexity index is 1500. The van der Waals surface area contributed by atoms with Crippen LogP contribution in [0.15, 0.2) is 59.1 Å². The maximum Gasteiger partial charge on any atom is 0.184 e. The van der Waals surface area contributed by atoms with Crippen LogP contribution in [0, 0.1) is 11.3 Å². The largest absolute Gasteiger partial charge is 0.375 e. The fourth-order valence-corrected chi connectivity index (χ4v) is 6.98. The standard InChI is InChI=1S/C25H20Cl2N6O4S2/c1-34-22-20(33-10-16(31-32-33)23-30-19(27)12-38-23)21-17(11-35-24(37-21)13-5-3-2-4-6-13)36-25(22)39-18-7-14(26)9-29-15(18)8-28/h2-7,9-10,12,17,20-22,24-25H,11H2,1H3. The molecule has 2 aliphatic rings. The summed E-state index contributed by atoms with van der Waals surface area (Å²) in [7, 11) is 1.60. The maximum atomic E-state index is 9.61. The van der Waals surface area contributed by atoms with Crippen LogP contribution in [0.3, 0.4) is 0 Å². The summed E-state index contributed by atoms with van der Waals surface area (Å²) in [5.74, 6) is 0. The molecule has 0 aliphatic carbocycles. The number of thioether (sulfide) groups is 1. The van der Waals surface area contributed by atoms with Crippen LogP contribution >= 0.6 is 46.3 Å². The number of benzene rings is 1. The summed E-state index contributed by atoms with van der Waals surface area (Å²) in [6.45, 7) is 0.275. The van der Waals surface area contributed by atoms with E-state index in [-0.39, 0.29) is 12.3 Å². The van der Waals surface area contributed by atoms with Crippen LogP contribution in [0.4, 0.5) is 0 Å². The molecule has 2 aliphatic heterocycles. The fourth-order valence-electron chi connectivity index (χ4n) is 4.60. The summed E-state index contributed by atoms with van der Waals surface area (Å²) in [5, 5.41) is 21.6. The van der Waals surface area contributed by atoms with Crippen molar-refractivity contribution in [2.24, 2.45) is 0 Å². The summed E-state index contributed by atoms with van der Waals surface area (Å²) in [5.41, 5.74) is 1.13. The maximum absolute atomic E-state index is 9.61. The highest BCUT2D eigenvalue weighted by Gasteiger charge is 2.52. The number of hydrogen-bond acceptors (Lipinski definition) is 11. The number of nitriles is 1. The molecule has 2 saturated heterocycles. The second-order valence-electron chi connectivity index (χ2n) is 8.70. The molecule has 39 heavy (non-hydrogen) atoms. The van der Waals surface area contributed by atoms with Crippen molar-refractivity contribution in [3.63, 3.8) is 0 Å². The minimum Gasteiger partial charge on any atom is -0.375 e. The number of methoxy groups -OCH3 is 1. The lowest BCUT2D eigenvalue weighted by molar-refractivity contribution is -0.308. The van der Waals surface area contributed by atoms with Crippen molar-refractivity contribution in [2.45, 2.75) is 41.0 Å². The number of nitrogens with zero attached hydrogens (tertiary/aromatic N) is 6. The molecule has 3 aromatic heterocycles. The highest BCUT2D eigenvalue weighted by molar-refractivity contribution is 7.99. The van der Waals surface area contributed by atoms with Gasteiger partial charge in [-0.25, -0.2) is 14.6 Å². The van der Waals surface area contributed by atoms with E-state index in [0.717, 1.165) is 5.56 Å². The minimum absolute atomic E-state index is 0.241. The molecule has 6 atom stereocenters. The number of rotatable bonds is 6. The van der Waals surface area contributed by atoms with E-state index in [1.165, 1.54) is 29.3 Å². The number of ether oxygens (including phenoxy) is 4. The third-order valence-electron chi connectivity index (χ3n) is 6.33. The molecule has 5 heterocycles. The van der Waals surface area contributed by atoms with Crippen molar-refractivity contribution in [1.82, 2.24) is 25.0 Å². The van der Waals surface area contributed by atoms with Gasteiger partial charge < -0.3 is 18.9 Å². The normalized spacial score (nSPS) is 26.6. The lowest BCUT2D eigenvalue weighted by atomic mass is 9.96. The molecule has 14 heteroatoms. The van der Waals surface area contributed by atoms with E-state index in [2.05, 4.69) is 26.3 Å². The van der Waals surface area contributed by atoms with E-state index in [1.807, 2.05) is 30.3 Å². The lowest BCUT2D eigenvalue weighted by Crippen LogP contribution is -2.59. The highest BCUT2D eigenvalue weighted by Crippen LogP contribution is 2.45. The highest BCUT2D eigenvalue weighted by atomic mass is 35.5. The second kappa shape index (κ2) is 11.5. The average Bonchev–Trinajstić information content (AvgIpc) is 3.62. The Labute approximate surface area is 241 Å². The second-order valence-corrected chi connectivity index (χ2v) is 11.5. The number of hydrogen-bond donors (Lipinski definition) is 0. The van der Waals surface area contributed by atoms with Gasteiger partial charge >= 0.3 is 0 Å². The van der Waals surface area contributed by atoms with Gasteiger partial charge in [0.25, 0.3) is 0 Å². The van der Waals surface area contributed by atoms with Gasteiger partial charge in [-0.05, 0) is 6.07 Å². The molecule has 10 nitrogen and oxygen atoms in total. The Balaban J connectivity index is 1.37. The van der Waals surface area contributed by atoms with Crippen LogP contribution in [-0.2, 0) is 18.9 Å². The summed E-state index contributed by atoms with van der Waals surface area (Å²) in [6.07, 6.45) is 1.13. The first-order valence-corrected chi connectivity index (χ1v) is 14.3. The van der Waals surface area contributed by atoms with Gasteiger partial charge in [-0.1, -0.05) is 70.5 Å². The number of pyridine rings is 1. The third kappa shape index (κ3) is 5.41. The summed E-state index contributed by atoms with van der Waals surface area (Å²) in [4.78, 5) is 9.04. The molecule has 6 unspecified atom stereocenters. The molecule has 6 rings (SSSR count). The van der Waals surface area contributed by atoms with Gasteiger partial charge in [0.15, 0.2) is 12.0 Å². The first-order valence-electron chi connectivity index (χ1n) is 11.8. The molecule has 0 saturated carbocycles. The first-order chi connectivity index (χ1) is 19.0. The van der Waals surface area contributed by atoms with Crippen molar-refractivity contribution in [3.05, 3.63) is 75.6 Å². The number of thiazole rings is 1. The van der Waals surface area contributed by atoms with Crippen LogP contribution in [0.1, 0.15) is 23.6 Å². The van der Waals surface area contributed by atoms with Gasteiger partial charge in [-0.15, -0.1) is 16.4 Å². The van der Waals surface area contributed by atoms with Crippen molar-refractivity contribution < 1.29 is 18.9 Å². The van der Waals surface area contributed by atoms with Crippen LogP contribution < -0.4 is 0 Å². The minimum atomic E-state index is -0.594. The quantitative estimate of drug-likeness (QED) is 0.293. The number of fused-ring (bicyclic) bond motifs is 1. The van der Waals surface area contributed by atoms with Crippen LogP contribution in [-0.4, -0.2) is 62.4 Å². The zero-order valence-electron chi connectivity index (χ0n) is 20.3. The number of aromatic nitrogens is 5. The van der Waals surface area contributed by atoms with Gasteiger partial charge in [-0.2, -0.15) is 5.26 Å². The SMILES string of the molecule is COC1C(Sc2cc(Cl)cnc2C#N)OC2COC(c3ccccc3)OC2C1n1cc(-c2nc(Cl)cs2)nn1. The Morgan fingerprint density at radius 1 is 1.23 bits per heavy atom. The van der Waals surface area contributed by atoms with Gasteiger partial charge in [0, 0.05) is 29.1 Å². The van der Waals surface area contributed by atoms with Crippen molar-refractivity contribution in [2.75, 3.05) is 13.7 Å². The average molecular weight is 604 g/mol. The van der Waals surface area contributed by atoms with Crippen molar-refractivity contribution in [1.29, 1.82) is 5.26 Å². The fraction of sp³-hybridized carbons (Fsp3) is 0.320. The van der Waals surface area contributed by atoms with E-state index in [1.54, 1.807) is 29.4 Å². The van der Waals surface area contributed by atoms with Crippen LogP contribution in [0.5, 0.6) is 0 Å². The molecule has 1 aromatic carbocycles. The Kier molecular flexibility index (Phi) is 7.84. The van der Waals surface area contributed by atoms with Crippen LogP contribution in [0.2, 0.25) is 10.2 Å². The Morgan fingerprint density at radius 3 is 2.82 bits per heavy atom. The molecule has 0 bridgehead atoms. The molecule has 0 spiro atoms. The zero-order chi connectivity index (χ0) is 26.9. The van der Waals surface area contributed by atoms with Crippen LogP contribution in [0.25, 0.3) is 10.7 Å². The topological polar surface area (TPSA) is 117 Å². The molecule has 200 valence electrons. The van der Waals surface area contributed by atoms with E-state index < -0.39 is 36.1 Å². The predicted octanol–water partition coefficient (Wildman–Crippen LogP) is 5.16. The predicted molar refractivity (Wildman–Crippen MR) is 144 cm³/mol. The smallest absolute Gasteiger partial charge is 0.184 e. The van der Waals surface area contributed by atoms with E-state index in [9.17, 15) is 5.26 Å². The Hall–Kier alpha value is -2.60. The summed E-state index contributed by atoms with van der Waals surface area (Å²) >= 11 is 14.9. The Morgan fingerprint density at radius 2 is 2.08 bits per heavy atom. The molecular formula is C25H20Cl2N6O4S2. The zero-order valence-corrected chi connectivity index (χ0v) is 23.4. The molecule has 0 amide bonds.